The van der Waals surface area contributed by atoms with Crippen molar-refractivity contribution in [2.24, 2.45) is 0 Å². The maximum Gasteiger partial charge on any atom is 0.416 e. The molecular weight excluding hydrogens is 301 g/mol. The molecular formula is C14H13F3N2O3. The van der Waals surface area contributed by atoms with Gasteiger partial charge in [-0.2, -0.15) is 13.2 Å². The number of hydrogen-bond donors (Lipinski definition) is 1. The molecule has 22 heavy (non-hydrogen) atoms. The van der Waals surface area contributed by atoms with Gasteiger partial charge in [-0.1, -0.05) is 12.1 Å². The zero-order valence-electron chi connectivity index (χ0n) is 11.8. The lowest BCUT2D eigenvalue weighted by Crippen LogP contribution is -2.28. The minimum absolute atomic E-state index is 0.0113. The van der Waals surface area contributed by atoms with Gasteiger partial charge in [0.05, 0.1) is 16.8 Å². The maximum atomic E-state index is 12.4. The highest BCUT2D eigenvalue weighted by Gasteiger charge is 2.29. The summed E-state index contributed by atoms with van der Waals surface area (Å²) in [7, 11) is 0. The summed E-state index contributed by atoms with van der Waals surface area (Å²) in [5.74, 6) is 0. The van der Waals surface area contributed by atoms with Crippen LogP contribution in [0.1, 0.15) is 22.4 Å². The van der Waals surface area contributed by atoms with Crippen molar-refractivity contribution in [3.8, 4) is 0 Å². The Morgan fingerprint density at radius 1 is 1.23 bits per heavy atom. The molecule has 1 aromatic heterocycles. The molecule has 0 fully saturated rings. The Kier molecular flexibility index (Phi) is 4.11. The summed E-state index contributed by atoms with van der Waals surface area (Å²) < 4.78 is 42.9. The van der Waals surface area contributed by atoms with Crippen LogP contribution in [0, 0.1) is 13.8 Å². The lowest BCUT2D eigenvalue weighted by atomic mass is 10.1. The van der Waals surface area contributed by atoms with Gasteiger partial charge in [0.1, 0.15) is 0 Å². The summed E-state index contributed by atoms with van der Waals surface area (Å²) in [6, 6.07) is 3.75. The van der Waals surface area contributed by atoms with Crippen LogP contribution in [-0.4, -0.2) is 10.8 Å². The number of amides is 1. The Morgan fingerprint density at radius 3 is 2.27 bits per heavy atom. The van der Waals surface area contributed by atoms with Crippen molar-refractivity contribution < 1.29 is 22.5 Å². The average Bonchev–Trinajstić information content (AvgIpc) is 2.72. The first-order valence-corrected chi connectivity index (χ1v) is 6.34. The minimum atomic E-state index is -4.40. The van der Waals surface area contributed by atoms with Crippen LogP contribution >= 0.6 is 0 Å². The Morgan fingerprint density at radius 2 is 1.82 bits per heavy atom. The van der Waals surface area contributed by atoms with E-state index in [1.54, 1.807) is 6.92 Å². The highest BCUT2D eigenvalue weighted by molar-refractivity contribution is 5.76. The van der Waals surface area contributed by atoms with E-state index in [9.17, 15) is 22.8 Å². The molecule has 8 heteroatoms. The van der Waals surface area contributed by atoms with Gasteiger partial charge < -0.3 is 9.84 Å². The maximum absolute atomic E-state index is 12.4. The Balaban J connectivity index is 2.05. The Hall–Kier alpha value is -2.51. The van der Waals surface area contributed by atoms with Crippen LogP contribution in [0.5, 0.6) is 0 Å². The molecule has 1 N–H and O–H groups in total. The monoisotopic (exact) mass is 314 g/mol. The third-order valence-electron chi connectivity index (χ3n) is 3.24. The van der Waals surface area contributed by atoms with Gasteiger partial charge >= 0.3 is 17.8 Å². The normalized spacial score (nSPS) is 11.5. The first-order chi connectivity index (χ1) is 10.2. The standard InChI is InChI=1S/C14H13F3N2O3/c1-8-9(2)19(22-12(8)20)13(21)18-7-10-3-5-11(6-4-10)14(15,16)17/h3-6H,7H2,1-2H3,(H,18,21). The molecule has 0 bridgehead atoms. The van der Waals surface area contributed by atoms with Gasteiger partial charge in [-0.25, -0.2) is 9.59 Å². The van der Waals surface area contributed by atoms with Crippen LogP contribution in [0.15, 0.2) is 33.6 Å². The average molecular weight is 314 g/mol. The van der Waals surface area contributed by atoms with E-state index in [2.05, 4.69) is 5.32 Å². The topological polar surface area (TPSA) is 64.2 Å². The fraction of sp³-hybridized carbons (Fsp3) is 0.286. The molecule has 0 atom stereocenters. The molecule has 0 saturated heterocycles. The molecule has 0 spiro atoms. The highest BCUT2D eigenvalue weighted by atomic mass is 19.4. The molecule has 0 aliphatic heterocycles. The van der Waals surface area contributed by atoms with Crippen LogP contribution < -0.4 is 10.9 Å². The second-order valence-corrected chi connectivity index (χ2v) is 4.74. The second-order valence-electron chi connectivity index (χ2n) is 4.74. The number of halogens is 3. The van der Waals surface area contributed by atoms with Crippen molar-refractivity contribution in [1.82, 2.24) is 10.1 Å². The molecule has 1 heterocycles. The lowest BCUT2D eigenvalue weighted by molar-refractivity contribution is -0.137. The lowest BCUT2D eigenvalue weighted by Gasteiger charge is -2.09. The van der Waals surface area contributed by atoms with E-state index >= 15 is 0 Å². The molecule has 2 aromatic rings. The predicted octanol–water partition coefficient (Wildman–Crippen LogP) is 2.83. The van der Waals surface area contributed by atoms with Crippen LogP contribution in [0.2, 0.25) is 0 Å². The summed E-state index contributed by atoms with van der Waals surface area (Å²) in [6.07, 6.45) is -4.40. The summed E-state index contributed by atoms with van der Waals surface area (Å²) in [4.78, 5) is 23.2. The molecule has 0 saturated carbocycles. The molecule has 1 aromatic carbocycles. The van der Waals surface area contributed by atoms with E-state index in [0.29, 0.717) is 16.8 Å². The smallest absolute Gasteiger partial charge is 0.331 e. The quantitative estimate of drug-likeness (QED) is 0.927. The van der Waals surface area contributed by atoms with Gasteiger partial charge in [0.25, 0.3) is 0 Å². The number of aromatic nitrogens is 1. The fourth-order valence-corrected chi connectivity index (χ4v) is 1.77. The van der Waals surface area contributed by atoms with E-state index in [-0.39, 0.29) is 6.54 Å². The van der Waals surface area contributed by atoms with E-state index in [1.165, 1.54) is 19.1 Å². The summed E-state index contributed by atoms with van der Waals surface area (Å²) in [6.45, 7) is 3.09. The number of carbonyl (C=O) groups excluding carboxylic acids is 1. The highest BCUT2D eigenvalue weighted by Crippen LogP contribution is 2.29. The van der Waals surface area contributed by atoms with E-state index in [4.69, 9.17) is 4.52 Å². The Bertz CT molecular complexity index is 742. The zero-order valence-corrected chi connectivity index (χ0v) is 11.8. The molecule has 5 nitrogen and oxygen atoms in total. The summed E-state index contributed by atoms with van der Waals surface area (Å²) in [5.41, 5.74) is -0.183. The van der Waals surface area contributed by atoms with E-state index < -0.39 is 23.4 Å². The second kappa shape index (κ2) is 5.70. The van der Waals surface area contributed by atoms with E-state index in [0.717, 1.165) is 16.9 Å². The molecule has 1 amide bonds. The molecule has 2 rings (SSSR count). The van der Waals surface area contributed by atoms with Crippen LogP contribution in [0.25, 0.3) is 0 Å². The number of nitrogens with one attached hydrogen (secondary N) is 1. The van der Waals surface area contributed by atoms with Gasteiger partial charge in [0, 0.05) is 6.54 Å². The minimum Gasteiger partial charge on any atom is -0.331 e. The number of alkyl halides is 3. The fourth-order valence-electron chi connectivity index (χ4n) is 1.77. The number of hydrogen-bond acceptors (Lipinski definition) is 3. The third kappa shape index (κ3) is 3.21. The first-order valence-electron chi connectivity index (χ1n) is 6.34. The molecule has 118 valence electrons. The van der Waals surface area contributed by atoms with Crippen molar-refractivity contribution in [1.29, 1.82) is 0 Å². The largest absolute Gasteiger partial charge is 0.416 e. The van der Waals surface area contributed by atoms with Crippen LogP contribution in [-0.2, 0) is 12.7 Å². The van der Waals surface area contributed by atoms with Crippen molar-refractivity contribution in [2.75, 3.05) is 0 Å². The van der Waals surface area contributed by atoms with Gasteiger partial charge in [-0.15, -0.1) is 4.74 Å². The van der Waals surface area contributed by atoms with Gasteiger partial charge in [0.2, 0.25) is 0 Å². The zero-order chi connectivity index (χ0) is 16.5. The molecule has 0 aliphatic carbocycles. The molecule has 0 aliphatic rings. The summed E-state index contributed by atoms with van der Waals surface area (Å²) in [5, 5.41) is 2.46. The molecule has 0 radical (unpaired) electrons. The van der Waals surface area contributed by atoms with E-state index in [1.807, 2.05) is 0 Å². The van der Waals surface area contributed by atoms with Gasteiger partial charge in [-0.3, -0.25) is 0 Å². The van der Waals surface area contributed by atoms with Gasteiger partial charge in [0.15, 0.2) is 0 Å². The Labute approximate surface area is 123 Å². The number of nitrogens with zero attached hydrogens (tertiary/aromatic N) is 1. The number of rotatable bonds is 2. The number of benzene rings is 1. The third-order valence-corrected chi connectivity index (χ3v) is 3.24. The van der Waals surface area contributed by atoms with Crippen molar-refractivity contribution >= 4 is 6.03 Å². The van der Waals surface area contributed by atoms with Crippen LogP contribution in [0.3, 0.4) is 0 Å². The van der Waals surface area contributed by atoms with Crippen molar-refractivity contribution in [2.45, 2.75) is 26.6 Å². The first kappa shape index (κ1) is 15.9. The number of carbonyl (C=O) groups is 1. The van der Waals surface area contributed by atoms with Gasteiger partial charge in [-0.05, 0) is 31.5 Å². The molecule has 0 unspecified atom stereocenters. The van der Waals surface area contributed by atoms with Crippen LogP contribution in [0.4, 0.5) is 18.0 Å². The predicted molar refractivity (Wildman–Crippen MR) is 71.5 cm³/mol. The summed E-state index contributed by atoms with van der Waals surface area (Å²) >= 11 is 0. The van der Waals surface area contributed by atoms with Crippen molar-refractivity contribution in [3.05, 3.63) is 57.1 Å². The SMILES string of the molecule is Cc1c(C)n(C(=O)NCc2ccc(C(F)(F)F)cc2)oc1=O. The van der Waals surface area contributed by atoms with Crippen molar-refractivity contribution in [3.63, 3.8) is 0 Å².